The Bertz CT molecular complexity index is 691. The molecule has 0 aromatic heterocycles. The SMILES string of the molecule is CCOc1ccc(NC(=O)N2CCS[C@H]2c2ccc(F)cc2)cc1. The standard InChI is InChI=1S/C18H19FN2O2S/c1-2-23-16-9-7-15(8-10-16)20-18(22)21-11-12-24-17(21)13-3-5-14(19)6-4-13/h3-10,17H,2,11-12H2,1H3,(H,20,22)/t17-/m0/s1. The first-order valence-corrected chi connectivity index (χ1v) is 8.90. The minimum atomic E-state index is -0.271. The number of ether oxygens (including phenoxy) is 1. The molecule has 1 aliphatic rings. The first kappa shape index (κ1) is 16.6. The molecule has 2 aromatic carbocycles. The number of nitrogens with zero attached hydrogens (tertiary/aromatic N) is 1. The Labute approximate surface area is 145 Å². The van der Waals surface area contributed by atoms with E-state index in [0.29, 0.717) is 13.2 Å². The molecule has 1 N–H and O–H groups in total. The van der Waals surface area contributed by atoms with Crippen LogP contribution >= 0.6 is 11.8 Å². The van der Waals surface area contributed by atoms with Gasteiger partial charge in [-0.25, -0.2) is 9.18 Å². The van der Waals surface area contributed by atoms with E-state index in [4.69, 9.17) is 4.74 Å². The molecule has 2 aromatic rings. The molecule has 2 amide bonds. The van der Waals surface area contributed by atoms with Gasteiger partial charge in [0.15, 0.2) is 0 Å². The zero-order valence-corrected chi connectivity index (χ0v) is 14.2. The van der Waals surface area contributed by atoms with Crippen molar-refractivity contribution >= 4 is 23.5 Å². The van der Waals surface area contributed by atoms with Crippen LogP contribution in [0.3, 0.4) is 0 Å². The van der Waals surface area contributed by atoms with Gasteiger partial charge in [-0.2, -0.15) is 0 Å². The van der Waals surface area contributed by atoms with Crippen molar-refractivity contribution in [3.63, 3.8) is 0 Å². The number of amides is 2. The third-order valence-electron chi connectivity index (χ3n) is 3.72. The summed E-state index contributed by atoms with van der Waals surface area (Å²) in [5, 5.41) is 2.82. The summed E-state index contributed by atoms with van der Waals surface area (Å²) in [4.78, 5) is 14.3. The number of hydrogen-bond acceptors (Lipinski definition) is 3. The smallest absolute Gasteiger partial charge is 0.323 e. The second-order valence-electron chi connectivity index (χ2n) is 5.36. The lowest BCUT2D eigenvalue weighted by Crippen LogP contribution is -2.34. The lowest BCUT2D eigenvalue weighted by molar-refractivity contribution is 0.214. The number of hydrogen-bond donors (Lipinski definition) is 1. The average Bonchev–Trinajstić information content (AvgIpc) is 3.07. The minimum absolute atomic E-state index is 0.0895. The molecule has 1 aliphatic heterocycles. The highest BCUT2D eigenvalue weighted by Gasteiger charge is 2.30. The van der Waals surface area contributed by atoms with E-state index in [0.717, 1.165) is 22.8 Å². The lowest BCUT2D eigenvalue weighted by Gasteiger charge is -2.24. The number of carbonyl (C=O) groups is 1. The van der Waals surface area contributed by atoms with E-state index in [2.05, 4.69) is 5.32 Å². The van der Waals surface area contributed by atoms with E-state index in [9.17, 15) is 9.18 Å². The van der Waals surface area contributed by atoms with Crippen molar-refractivity contribution < 1.29 is 13.9 Å². The van der Waals surface area contributed by atoms with E-state index in [1.165, 1.54) is 12.1 Å². The number of rotatable bonds is 4. The highest BCUT2D eigenvalue weighted by molar-refractivity contribution is 7.99. The van der Waals surface area contributed by atoms with Gasteiger partial charge in [0.2, 0.25) is 0 Å². The Hall–Kier alpha value is -2.21. The van der Waals surface area contributed by atoms with E-state index >= 15 is 0 Å². The van der Waals surface area contributed by atoms with Gasteiger partial charge in [-0.15, -0.1) is 11.8 Å². The van der Waals surface area contributed by atoms with Gasteiger partial charge in [-0.05, 0) is 48.9 Å². The minimum Gasteiger partial charge on any atom is -0.494 e. The summed E-state index contributed by atoms with van der Waals surface area (Å²) >= 11 is 1.68. The van der Waals surface area contributed by atoms with Crippen LogP contribution in [0, 0.1) is 5.82 Å². The predicted octanol–water partition coefficient (Wildman–Crippen LogP) is 4.50. The van der Waals surface area contributed by atoms with Crippen molar-refractivity contribution in [3.05, 3.63) is 59.9 Å². The van der Waals surface area contributed by atoms with Crippen LogP contribution in [0.25, 0.3) is 0 Å². The maximum absolute atomic E-state index is 13.1. The first-order valence-electron chi connectivity index (χ1n) is 7.85. The molecule has 0 spiro atoms. The third-order valence-corrected chi connectivity index (χ3v) is 4.98. The fourth-order valence-corrected chi connectivity index (χ4v) is 3.83. The predicted molar refractivity (Wildman–Crippen MR) is 94.9 cm³/mol. The van der Waals surface area contributed by atoms with E-state index in [1.807, 2.05) is 31.2 Å². The van der Waals surface area contributed by atoms with Crippen LogP contribution in [-0.2, 0) is 0 Å². The van der Waals surface area contributed by atoms with Gasteiger partial charge >= 0.3 is 6.03 Å². The summed E-state index contributed by atoms with van der Waals surface area (Å²) in [6, 6.07) is 13.5. The molecule has 3 rings (SSSR count). The molecule has 0 aliphatic carbocycles. The maximum Gasteiger partial charge on any atom is 0.323 e. The van der Waals surface area contributed by atoms with Crippen LogP contribution in [0.2, 0.25) is 0 Å². The molecular weight excluding hydrogens is 327 g/mol. The highest BCUT2D eigenvalue weighted by Crippen LogP contribution is 2.38. The van der Waals surface area contributed by atoms with Crippen molar-refractivity contribution in [2.75, 3.05) is 24.2 Å². The summed E-state index contributed by atoms with van der Waals surface area (Å²) in [6.45, 7) is 3.20. The molecule has 1 fully saturated rings. The lowest BCUT2D eigenvalue weighted by atomic mass is 10.2. The first-order chi connectivity index (χ1) is 11.7. The number of benzene rings is 2. The Morgan fingerprint density at radius 2 is 1.96 bits per heavy atom. The van der Waals surface area contributed by atoms with E-state index < -0.39 is 0 Å². The van der Waals surface area contributed by atoms with Gasteiger partial charge in [0.25, 0.3) is 0 Å². The molecule has 1 heterocycles. The fourth-order valence-electron chi connectivity index (χ4n) is 2.58. The molecule has 0 unspecified atom stereocenters. The number of halogens is 1. The normalized spacial score (nSPS) is 16.9. The Morgan fingerprint density at radius 1 is 1.25 bits per heavy atom. The molecule has 24 heavy (non-hydrogen) atoms. The molecule has 0 radical (unpaired) electrons. The zero-order valence-electron chi connectivity index (χ0n) is 13.4. The molecule has 4 nitrogen and oxygen atoms in total. The second-order valence-corrected chi connectivity index (χ2v) is 6.54. The molecule has 1 atom stereocenters. The van der Waals surface area contributed by atoms with Gasteiger partial charge in [0, 0.05) is 18.0 Å². The van der Waals surface area contributed by atoms with Crippen molar-refractivity contribution in [1.29, 1.82) is 0 Å². The van der Waals surface area contributed by atoms with Gasteiger partial charge in [0.1, 0.15) is 16.9 Å². The molecule has 0 bridgehead atoms. The Balaban J connectivity index is 1.68. The maximum atomic E-state index is 13.1. The Kier molecular flexibility index (Phi) is 5.25. The number of anilines is 1. The molecule has 0 saturated carbocycles. The van der Waals surface area contributed by atoms with E-state index in [-0.39, 0.29) is 17.2 Å². The fraction of sp³-hybridized carbons (Fsp3) is 0.278. The number of thioether (sulfide) groups is 1. The monoisotopic (exact) mass is 346 g/mol. The molecule has 1 saturated heterocycles. The Morgan fingerprint density at radius 3 is 2.62 bits per heavy atom. The highest BCUT2D eigenvalue weighted by atomic mass is 32.2. The summed E-state index contributed by atoms with van der Waals surface area (Å²) in [6.07, 6.45) is 0. The molecular formula is C18H19FN2O2S. The third kappa shape index (κ3) is 3.82. The molecule has 126 valence electrons. The quantitative estimate of drug-likeness (QED) is 0.886. The van der Waals surface area contributed by atoms with Gasteiger partial charge < -0.3 is 15.0 Å². The van der Waals surface area contributed by atoms with Crippen LogP contribution in [0.5, 0.6) is 5.75 Å². The van der Waals surface area contributed by atoms with Crippen LogP contribution in [0.15, 0.2) is 48.5 Å². The van der Waals surface area contributed by atoms with Gasteiger partial charge in [-0.1, -0.05) is 12.1 Å². The van der Waals surface area contributed by atoms with Crippen LogP contribution in [0.1, 0.15) is 17.9 Å². The summed E-state index contributed by atoms with van der Waals surface area (Å²) in [5.74, 6) is 1.36. The zero-order chi connectivity index (χ0) is 16.9. The van der Waals surface area contributed by atoms with Crippen LogP contribution in [0.4, 0.5) is 14.9 Å². The summed E-state index contributed by atoms with van der Waals surface area (Å²) in [5.41, 5.74) is 1.65. The van der Waals surface area contributed by atoms with Gasteiger partial charge in [0.05, 0.1) is 6.61 Å². The van der Waals surface area contributed by atoms with Crippen molar-refractivity contribution in [2.45, 2.75) is 12.3 Å². The van der Waals surface area contributed by atoms with Gasteiger partial charge in [-0.3, -0.25) is 0 Å². The van der Waals surface area contributed by atoms with Crippen molar-refractivity contribution in [2.24, 2.45) is 0 Å². The van der Waals surface area contributed by atoms with Crippen molar-refractivity contribution in [1.82, 2.24) is 4.90 Å². The summed E-state index contributed by atoms with van der Waals surface area (Å²) < 4.78 is 18.5. The van der Waals surface area contributed by atoms with Crippen LogP contribution in [-0.4, -0.2) is 29.8 Å². The topological polar surface area (TPSA) is 41.6 Å². The molecule has 6 heteroatoms. The van der Waals surface area contributed by atoms with Crippen LogP contribution < -0.4 is 10.1 Å². The number of nitrogens with one attached hydrogen (secondary N) is 1. The summed E-state index contributed by atoms with van der Waals surface area (Å²) in [7, 11) is 0. The average molecular weight is 346 g/mol. The van der Waals surface area contributed by atoms with Crippen molar-refractivity contribution in [3.8, 4) is 5.75 Å². The number of urea groups is 1. The van der Waals surface area contributed by atoms with E-state index in [1.54, 1.807) is 28.8 Å². The largest absolute Gasteiger partial charge is 0.494 e. The number of carbonyl (C=O) groups excluding carboxylic acids is 1. The second kappa shape index (κ2) is 7.57.